The molecule has 2 aliphatic rings. The second-order valence-corrected chi connectivity index (χ2v) is 13.0. The lowest BCUT2D eigenvalue weighted by Gasteiger charge is -2.49. The number of methoxy groups -OCH3 is 1. The van der Waals surface area contributed by atoms with E-state index in [1.54, 1.807) is 0 Å². The molecular weight excluding hydrogens is 540 g/mol. The van der Waals surface area contributed by atoms with Gasteiger partial charge in [0.25, 0.3) is 0 Å². The summed E-state index contributed by atoms with van der Waals surface area (Å²) < 4.78 is 5.00. The van der Waals surface area contributed by atoms with Crippen molar-refractivity contribution in [2.45, 2.75) is 88.9 Å². The zero-order valence-electron chi connectivity index (χ0n) is 25.7. The Balaban J connectivity index is 1.27. The molecule has 8 nitrogen and oxygen atoms in total. The van der Waals surface area contributed by atoms with Gasteiger partial charge >= 0.3 is 6.09 Å². The van der Waals surface area contributed by atoms with Crippen molar-refractivity contribution in [1.29, 1.82) is 0 Å². The maximum Gasteiger partial charge on any atom is 0.409 e. The summed E-state index contributed by atoms with van der Waals surface area (Å²) >= 11 is 0. The summed E-state index contributed by atoms with van der Waals surface area (Å²) in [5.41, 5.74) is 10.3. The Kier molecular flexibility index (Phi) is 8.90. The van der Waals surface area contributed by atoms with E-state index in [0.29, 0.717) is 25.1 Å². The van der Waals surface area contributed by atoms with Crippen molar-refractivity contribution in [3.05, 3.63) is 72.4 Å². The number of nitrogens with zero attached hydrogens (tertiary/aromatic N) is 2. The molecule has 2 aliphatic carbocycles. The number of hydrogen-bond donors (Lipinski definition) is 3. The minimum Gasteiger partial charge on any atom is -0.453 e. The molecule has 5 rings (SSSR count). The maximum atomic E-state index is 13.1. The number of carbonyl (C=O) groups excluding carboxylic acids is 2. The number of ether oxygens (including phenoxy) is 1. The van der Waals surface area contributed by atoms with Gasteiger partial charge in [-0.2, -0.15) is 0 Å². The topological polar surface area (TPSA) is 118 Å². The molecule has 2 fully saturated rings. The summed E-state index contributed by atoms with van der Waals surface area (Å²) in [5.74, 6) is 0.733. The van der Waals surface area contributed by atoms with Crippen molar-refractivity contribution in [3.8, 4) is 22.3 Å². The van der Waals surface area contributed by atoms with E-state index < -0.39 is 11.1 Å². The molecule has 8 heteroatoms. The van der Waals surface area contributed by atoms with Gasteiger partial charge in [0.2, 0.25) is 5.91 Å². The Morgan fingerprint density at radius 1 is 1.02 bits per heavy atom. The fraction of sp³-hybridized carbons (Fsp3) is 0.457. The highest BCUT2D eigenvalue weighted by molar-refractivity contribution is 5.92. The van der Waals surface area contributed by atoms with Crippen LogP contribution in [0.25, 0.3) is 22.3 Å². The van der Waals surface area contributed by atoms with E-state index in [-0.39, 0.29) is 30.0 Å². The van der Waals surface area contributed by atoms with Gasteiger partial charge < -0.3 is 25.8 Å². The zero-order valence-corrected chi connectivity index (χ0v) is 25.7. The van der Waals surface area contributed by atoms with Crippen LogP contribution in [0, 0.1) is 5.92 Å². The summed E-state index contributed by atoms with van der Waals surface area (Å²) in [6.45, 7) is 5.83. The Hall–Kier alpha value is -3.75. The summed E-state index contributed by atoms with van der Waals surface area (Å²) in [7, 11) is 1.42. The number of amides is 2. The third kappa shape index (κ3) is 6.92. The van der Waals surface area contributed by atoms with Crippen LogP contribution in [0.15, 0.2) is 66.9 Å². The fourth-order valence-electron chi connectivity index (χ4n) is 7.07. The van der Waals surface area contributed by atoms with E-state index in [9.17, 15) is 14.7 Å². The molecule has 2 aromatic carbocycles. The summed E-state index contributed by atoms with van der Waals surface area (Å²) in [6.07, 6.45) is 6.52. The van der Waals surface area contributed by atoms with Crippen molar-refractivity contribution in [2.24, 2.45) is 11.7 Å². The average molecular weight is 585 g/mol. The van der Waals surface area contributed by atoms with Crippen LogP contribution in [0.3, 0.4) is 0 Å². The quantitative estimate of drug-likeness (QED) is 0.279. The van der Waals surface area contributed by atoms with Gasteiger partial charge in [0.15, 0.2) is 0 Å². The molecule has 0 saturated heterocycles. The molecule has 2 saturated carbocycles. The molecule has 3 aromatic rings. The van der Waals surface area contributed by atoms with Crippen molar-refractivity contribution >= 4 is 17.8 Å². The molecule has 1 aromatic heterocycles. The normalized spacial score (nSPS) is 25.1. The number of anilines is 1. The summed E-state index contributed by atoms with van der Waals surface area (Å²) in [4.78, 5) is 31.8. The number of nitrogens with one attached hydrogen (secondary N) is 1. The van der Waals surface area contributed by atoms with Crippen LogP contribution in [0.1, 0.15) is 71.3 Å². The fourth-order valence-corrected chi connectivity index (χ4v) is 7.07. The minimum atomic E-state index is -0.711. The first kappa shape index (κ1) is 30.7. The lowest BCUT2D eigenvalue weighted by atomic mass is 9.63. The van der Waals surface area contributed by atoms with Gasteiger partial charge in [0, 0.05) is 35.8 Å². The van der Waals surface area contributed by atoms with Crippen molar-refractivity contribution in [2.75, 3.05) is 12.4 Å². The SMILES string of the molecule is COC(=O)N(C(C)C)C1CCC(CC(=O)Nc2cc(-c3ccccc3)c(-c3ccc([C@]4(N)C[C@](C)(O)C4)cc3)cn2)CC1. The lowest BCUT2D eigenvalue weighted by Crippen LogP contribution is -2.58. The van der Waals surface area contributed by atoms with Gasteiger partial charge in [-0.3, -0.25) is 4.79 Å². The van der Waals surface area contributed by atoms with Crippen LogP contribution in [0.4, 0.5) is 10.6 Å². The average Bonchev–Trinajstić information content (AvgIpc) is 2.97. The third-order valence-electron chi connectivity index (χ3n) is 9.05. The smallest absolute Gasteiger partial charge is 0.409 e. The molecule has 1 heterocycles. The number of aromatic nitrogens is 1. The highest BCUT2D eigenvalue weighted by Crippen LogP contribution is 2.46. The molecule has 2 amide bonds. The van der Waals surface area contributed by atoms with E-state index in [1.807, 2.05) is 68.3 Å². The Morgan fingerprint density at radius 3 is 2.23 bits per heavy atom. The molecule has 0 spiro atoms. The van der Waals surface area contributed by atoms with Crippen LogP contribution < -0.4 is 11.1 Å². The van der Waals surface area contributed by atoms with Crippen LogP contribution in [0.5, 0.6) is 0 Å². The molecule has 0 unspecified atom stereocenters. The van der Waals surface area contributed by atoms with E-state index >= 15 is 0 Å². The number of nitrogens with two attached hydrogens (primary N) is 1. The van der Waals surface area contributed by atoms with Crippen molar-refractivity contribution < 1.29 is 19.4 Å². The van der Waals surface area contributed by atoms with Crippen LogP contribution in [0.2, 0.25) is 0 Å². The van der Waals surface area contributed by atoms with Crippen LogP contribution in [-0.2, 0) is 15.1 Å². The first-order chi connectivity index (χ1) is 20.5. The molecule has 0 atom stereocenters. The van der Waals surface area contributed by atoms with Gasteiger partial charge in [-0.1, -0.05) is 54.6 Å². The van der Waals surface area contributed by atoms with E-state index in [1.165, 1.54) is 7.11 Å². The van der Waals surface area contributed by atoms with Gasteiger partial charge in [0.1, 0.15) is 5.82 Å². The Morgan fingerprint density at radius 2 is 1.65 bits per heavy atom. The highest BCUT2D eigenvalue weighted by atomic mass is 16.5. The summed E-state index contributed by atoms with van der Waals surface area (Å²) in [6, 6.07) is 20.4. The molecule has 43 heavy (non-hydrogen) atoms. The second kappa shape index (κ2) is 12.5. The molecule has 228 valence electrons. The second-order valence-electron chi connectivity index (χ2n) is 13.0. The molecule has 0 aliphatic heterocycles. The number of hydrogen-bond acceptors (Lipinski definition) is 6. The Bertz CT molecular complexity index is 1420. The van der Waals surface area contributed by atoms with E-state index in [0.717, 1.165) is 53.5 Å². The van der Waals surface area contributed by atoms with Gasteiger partial charge in [-0.05, 0) is 93.5 Å². The predicted octanol–water partition coefficient (Wildman–Crippen LogP) is 6.48. The third-order valence-corrected chi connectivity index (χ3v) is 9.05. The molecule has 0 radical (unpaired) electrons. The van der Waals surface area contributed by atoms with Crippen LogP contribution in [-0.4, -0.2) is 51.8 Å². The summed E-state index contributed by atoms with van der Waals surface area (Å²) in [5, 5.41) is 13.3. The monoisotopic (exact) mass is 584 g/mol. The molecule has 4 N–H and O–H groups in total. The van der Waals surface area contributed by atoms with Crippen molar-refractivity contribution in [1.82, 2.24) is 9.88 Å². The zero-order chi connectivity index (χ0) is 30.8. The Labute approximate surface area is 254 Å². The number of pyridine rings is 1. The van der Waals surface area contributed by atoms with Gasteiger partial charge in [-0.15, -0.1) is 0 Å². The van der Waals surface area contributed by atoms with Crippen LogP contribution >= 0.6 is 0 Å². The number of rotatable bonds is 8. The first-order valence-electron chi connectivity index (χ1n) is 15.3. The van der Waals surface area contributed by atoms with Gasteiger partial charge in [-0.25, -0.2) is 9.78 Å². The van der Waals surface area contributed by atoms with E-state index in [2.05, 4.69) is 34.6 Å². The first-order valence-corrected chi connectivity index (χ1v) is 15.3. The van der Waals surface area contributed by atoms with Crippen molar-refractivity contribution in [3.63, 3.8) is 0 Å². The molecule has 0 bridgehead atoms. The van der Waals surface area contributed by atoms with E-state index in [4.69, 9.17) is 10.5 Å². The predicted molar refractivity (Wildman–Crippen MR) is 169 cm³/mol. The number of aliphatic hydroxyl groups is 1. The number of benzene rings is 2. The minimum absolute atomic E-state index is 0.0506. The van der Waals surface area contributed by atoms with Gasteiger partial charge in [0.05, 0.1) is 12.7 Å². The maximum absolute atomic E-state index is 13.1. The standard InChI is InChI=1S/C35H44N4O4/c1-23(2)39(33(41)43-4)28-16-10-24(11-17-28)18-32(40)38-31-19-29(25-8-6-5-7-9-25)30(20-37-31)26-12-14-27(15-13-26)35(36)21-34(3,42)22-35/h5-9,12-15,19-20,23-24,28,42H,10-11,16-18,21-22,36H2,1-4H3,(H,37,38,40)/t24?,28?,34-,35-. The largest absolute Gasteiger partial charge is 0.453 e. The lowest BCUT2D eigenvalue weighted by molar-refractivity contribution is -0.117. The number of carbonyl (C=O) groups is 2. The highest BCUT2D eigenvalue weighted by Gasteiger charge is 2.49. The molecular formula is C35H44N4O4.